The third-order valence-electron chi connectivity index (χ3n) is 4.71. The zero-order valence-electron chi connectivity index (χ0n) is 16.2. The Hall–Kier alpha value is -3.96. The summed E-state index contributed by atoms with van der Waals surface area (Å²) < 4.78 is 61.5. The highest BCUT2D eigenvalue weighted by molar-refractivity contribution is 5.89. The molecule has 0 bridgehead atoms. The van der Waals surface area contributed by atoms with Crippen molar-refractivity contribution in [2.45, 2.75) is 18.3 Å². The van der Waals surface area contributed by atoms with Crippen LogP contribution in [0.2, 0.25) is 0 Å². The zero-order valence-corrected chi connectivity index (χ0v) is 16.2. The number of rotatable bonds is 4. The molecule has 3 heterocycles. The summed E-state index contributed by atoms with van der Waals surface area (Å²) in [7, 11) is 0. The van der Waals surface area contributed by atoms with Crippen LogP contribution in [0, 0.1) is 5.82 Å². The molecule has 2 amide bonds. The molecule has 12 heteroatoms. The van der Waals surface area contributed by atoms with Gasteiger partial charge >= 0.3 is 12.4 Å². The van der Waals surface area contributed by atoms with Crippen LogP contribution in [0.5, 0.6) is 11.5 Å². The summed E-state index contributed by atoms with van der Waals surface area (Å²) in [5, 5.41) is 5.30. The standard InChI is InChI=1S/C20H15F4N5O3/c21-13-10-12(3-4-14(13)32-20(22,23)24)19(6-9-31-15-2-1-7-26-17(15)19)29-18(30)28-16-5-8-25-11-27-16/h1-5,7-8,10-11H,6,9H2,(H2,25,27,28,29,30). The van der Waals surface area contributed by atoms with Crippen LogP contribution < -0.4 is 20.1 Å². The van der Waals surface area contributed by atoms with Crippen molar-refractivity contribution in [1.29, 1.82) is 0 Å². The molecule has 1 atom stereocenters. The number of pyridine rings is 1. The lowest BCUT2D eigenvalue weighted by Gasteiger charge is -2.38. The van der Waals surface area contributed by atoms with Crippen molar-refractivity contribution in [3.8, 4) is 11.5 Å². The van der Waals surface area contributed by atoms with E-state index in [0.29, 0.717) is 5.75 Å². The first kappa shape index (κ1) is 21.3. The number of anilines is 1. The lowest BCUT2D eigenvalue weighted by Crippen LogP contribution is -2.51. The molecule has 32 heavy (non-hydrogen) atoms. The molecule has 8 nitrogen and oxygen atoms in total. The summed E-state index contributed by atoms with van der Waals surface area (Å²) in [5.74, 6) is -1.69. The van der Waals surface area contributed by atoms with Gasteiger partial charge in [-0.1, -0.05) is 6.07 Å². The number of ether oxygens (including phenoxy) is 2. The number of hydrogen-bond donors (Lipinski definition) is 2. The van der Waals surface area contributed by atoms with E-state index in [1.54, 1.807) is 12.1 Å². The van der Waals surface area contributed by atoms with E-state index in [9.17, 15) is 22.4 Å². The van der Waals surface area contributed by atoms with Crippen molar-refractivity contribution in [2.75, 3.05) is 11.9 Å². The van der Waals surface area contributed by atoms with E-state index in [1.807, 2.05) is 0 Å². The van der Waals surface area contributed by atoms with Crippen molar-refractivity contribution in [3.63, 3.8) is 0 Å². The van der Waals surface area contributed by atoms with Crippen molar-refractivity contribution < 1.29 is 31.8 Å². The van der Waals surface area contributed by atoms with E-state index in [-0.39, 0.29) is 30.1 Å². The predicted octanol–water partition coefficient (Wildman–Crippen LogP) is 3.76. The molecule has 3 aromatic rings. The van der Waals surface area contributed by atoms with Gasteiger partial charge in [-0.3, -0.25) is 10.3 Å². The number of carbonyl (C=O) groups is 1. The number of fused-ring (bicyclic) bond motifs is 1. The Balaban J connectivity index is 1.74. The SMILES string of the molecule is O=C(Nc1ccncn1)NC1(c2ccc(OC(F)(F)F)c(F)c2)CCOc2cccnc21. The molecule has 166 valence electrons. The zero-order chi connectivity index (χ0) is 22.8. The fourth-order valence-corrected chi connectivity index (χ4v) is 3.41. The van der Waals surface area contributed by atoms with E-state index in [1.165, 1.54) is 30.9 Å². The van der Waals surface area contributed by atoms with Gasteiger partial charge in [0.25, 0.3) is 0 Å². The monoisotopic (exact) mass is 449 g/mol. The molecular weight excluding hydrogens is 434 g/mol. The number of halogens is 4. The molecule has 0 aliphatic carbocycles. The topological polar surface area (TPSA) is 98.3 Å². The van der Waals surface area contributed by atoms with E-state index in [2.05, 4.69) is 30.3 Å². The van der Waals surface area contributed by atoms with Crippen molar-refractivity contribution in [1.82, 2.24) is 20.3 Å². The Kier molecular flexibility index (Phi) is 5.51. The Morgan fingerprint density at radius 3 is 2.72 bits per heavy atom. The number of benzene rings is 1. The van der Waals surface area contributed by atoms with Crippen LogP contribution in [0.1, 0.15) is 17.7 Å². The minimum absolute atomic E-state index is 0.132. The maximum absolute atomic E-state index is 14.5. The Morgan fingerprint density at radius 1 is 1.16 bits per heavy atom. The maximum Gasteiger partial charge on any atom is 0.573 e. The summed E-state index contributed by atoms with van der Waals surface area (Å²) in [5.41, 5.74) is -0.970. The Morgan fingerprint density at radius 2 is 2.00 bits per heavy atom. The highest BCUT2D eigenvalue weighted by Crippen LogP contribution is 2.41. The fourth-order valence-electron chi connectivity index (χ4n) is 3.41. The summed E-state index contributed by atoms with van der Waals surface area (Å²) in [6.45, 7) is 0.134. The predicted molar refractivity (Wildman–Crippen MR) is 102 cm³/mol. The molecule has 0 spiro atoms. The molecule has 1 aromatic carbocycles. The number of alkyl halides is 3. The minimum Gasteiger partial charge on any atom is -0.491 e. The van der Waals surface area contributed by atoms with Gasteiger partial charge in [0.1, 0.15) is 29.1 Å². The molecule has 1 aliphatic rings. The van der Waals surface area contributed by atoms with Gasteiger partial charge in [0, 0.05) is 18.8 Å². The van der Waals surface area contributed by atoms with E-state index in [0.717, 1.165) is 12.1 Å². The molecule has 0 fully saturated rings. The van der Waals surface area contributed by atoms with Gasteiger partial charge < -0.3 is 14.8 Å². The van der Waals surface area contributed by atoms with Crippen molar-refractivity contribution in [2.24, 2.45) is 0 Å². The summed E-state index contributed by atoms with van der Waals surface area (Å²) in [4.78, 5) is 24.7. The largest absolute Gasteiger partial charge is 0.573 e. The van der Waals surface area contributed by atoms with E-state index >= 15 is 0 Å². The number of urea groups is 1. The number of nitrogens with one attached hydrogen (secondary N) is 2. The van der Waals surface area contributed by atoms with Crippen LogP contribution in [0.25, 0.3) is 0 Å². The quantitative estimate of drug-likeness (QED) is 0.589. The molecule has 4 rings (SSSR count). The van der Waals surface area contributed by atoms with Crippen LogP contribution in [0.3, 0.4) is 0 Å². The molecule has 0 saturated heterocycles. The normalized spacial score (nSPS) is 17.6. The van der Waals surface area contributed by atoms with Gasteiger partial charge in [-0.25, -0.2) is 19.2 Å². The molecule has 0 saturated carbocycles. The summed E-state index contributed by atoms with van der Waals surface area (Å²) in [6, 6.07) is 6.97. The minimum atomic E-state index is -5.05. The van der Waals surface area contributed by atoms with Gasteiger partial charge in [-0.15, -0.1) is 13.2 Å². The first-order valence-corrected chi connectivity index (χ1v) is 9.26. The average Bonchev–Trinajstić information content (AvgIpc) is 2.75. The molecule has 0 radical (unpaired) electrons. The number of aromatic nitrogens is 3. The second-order valence-electron chi connectivity index (χ2n) is 6.72. The third-order valence-corrected chi connectivity index (χ3v) is 4.71. The third kappa shape index (κ3) is 4.38. The Labute approximate surface area is 178 Å². The molecule has 1 unspecified atom stereocenters. The van der Waals surface area contributed by atoms with Gasteiger partial charge in [-0.2, -0.15) is 0 Å². The lowest BCUT2D eigenvalue weighted by atomic mass is 9.81. The first-order valence-electron chi connectivity index (χ1n) is 9.26. The molecule has 2 N–H and O–H groups in total. The van der Waals surface area contributed by atoms with Crippen LogP contribution in [-0.4, -0.2) is 34.0 Å². The smallest absolute Gasteiger partial charge is 0.491 e. The van der Waals surface area contributed by atoms with E-state index < -0.39 is 29.5 Å². The number of hydrogen-bond acceptors (Lipinski definition) is 6. The van der Waals surface area contributed by atoms with Crippen molar-refractivity contribution >= 4 is 11.8 Å². The Bertz CT molecular complexity index is 1130. The number of carbonyl (C=O) groups excluding carboxylic acids is 1. The summed E-state index contributed by atoms with van der Waals surface area (Å²) in [6.07, 6.45) is -0.788. The molecule has 2 aromatic heterocycles. The van der Waals surface area contributed by atoms with Gasteiger partial charge in [0.2, 0.25) is 0 Å². The van der Waals surface area contributed by atoms with Gasteiger partial charge in [0.05, 0.1) is 6.61 Å². The second kappa shape index (κ2) is 8.29. The highest BCUT2D eigenvalue weighted by atomic mass is 19.4. The fraction of sp³-hybridized carbons (Fsp3) is 0.200. The highest BCUT2D eigenvalue weighted by Gasteiger charge is 2.43. The second-order valence-corrected chi connectivity index (χ2v) is 6.72. The van der Waals surface area contributed by atoms with Crippen LogP contribution >= 0.6 is 0 Å². The summed E-state index contributed by atoms with van der Waals surface area (Å²) >= 11 is 0. The van der Waals surface area contributed by atoms with Gasteiger partial charge in [0.15, 0.2) is 11.6 Å². The van der Waals surface area contributed by atoms with Gasteiger partial charge in [-0.05, 0) is 35.9 Å². The lowest BCUT2D eigenvalue weighted by molar-refractivity contribution is -0.275. The van der Waals surface area contributed by atoms with Crippen LogP contribution in [0.15, 0.2) is 55.1 Å². The van der Waals surface area contributed by atoms with Crippen LogP contribution in [0.4, 0.5) is 28.2 Å². The number of amides is 2. The first-order chi connectivity index (χ1) is 15.3. The van der Waals surface area contributed by atoms with E-state index in [4.69, 9.17) is 4.74 Å². The average molecular weight is 449 g/mol. The molecular formula is C20H15F4N5O3. The molecule has 1 aliphatic heterocycles. The maximum atomic E-state index is 14.5. The van der Waals surface area contributed by atoms with Crippen LogP contribution in [-0.2, 0) is 5.54 Å². The van der Waals surface area contributed by atoms with Crippen molar-refractivity contribution in [3.05, 3.63) is 72.2 Å². The number of nitrogens with zero attached hydrogens (tertiary/aromatic N) is 3.